The summed E-state index contributed by atoms with van der Waals surface area (Å²) in [6.45, 7) is 1.81. The van der Waals surface area contributed by atoms with Crippen LogP contribution in [0, 0.1) is 0 Å². The normalized spacial score (nSPS) is 12.1. The summed E-state index contributed by atoms with van der Waals surface area (Å²) in [7, 11) is 2.85. The van der Waals surface area contributed by atoms with Gasteiger partial charge < -0.3 is 19.7 Å². The molecule has 0 fully saturated rings. The quantitative estimate of drug-likeness (QED) is 0.859. The SMILES string of the molecule is CCc1c(C(O)C(=O)O)cc(OC)c(OC)c1Cl. The summed E-state index contributed by atoms with van der Waals surface area (Å²) in [6, 6.07) is 1.43. The van der Waals surface area contributed by atoms with Crippen LogP contribution in [0.15, 0.2) is 6.07 Å². The number of hydrogen-bond acceptors (Lipinski definition) is 4. The van der Waals surface area contributed by atoms with Gasteiger partial charge in [0.1, 0.15) is 0 Å². The van der Waals surface area contributed by atoms with Crippen molar-refractivity contribution in [3.8, 4) is 11.5 Å². The fourth-order valence-electron chi connectivity index (χ4n) is 1.74. The van der Waals surface area contributed by atoms with Gasteiger partial charge in [0.15, 0.2) is 17.6 Å². The van der Waals surface area contributed by atoms with Gasteiger partial charge in [-0.15, -0.1) is 0 Å². The highest BCUT2D eigenvalue weighted by molar-refractivity contribution is 6.33. The molecule has 5 nitrogen and oxygen atoms in total. The van der Waals surface area contributed by atoms with Crippen LogP contribution in [0.25, 0.3) is 0 Å². The highest BCUT2D eigenvalue weighted by Gasteiger charge is 2.25. The number of halogens is 1. The minimum Gasteiger partial charge on any atom is -0.493 e. The van der Waals surface area contributed by atoms with Crippen molar-refractivity contribution in [1.29, 1.82) is 0 Å². The predicted molar refractivity (Wildman–Crippen MR) is 66.5 cm³/mol. The first kappa shape index (κ1) is 14.6. The molecule has 0 aliphatic rings. The van der Waals surface area contributed by atoms with E-state index in [1.54, 1.807) is 0 Å². The van der Waals surface area contributed by atoms with Crippen molar-refractivity contribution < 1.29 is 24.5 Å². The Kier molecular flexibility index (Phi) is 4.81. The molecule has 1 unspecified atom stereocenters. The smallest absolute Gasteiger partial charge is 0.337 e. The van der Waals surface area contributed by atoms with E-state index in [0.717, 1.165) is 0 Å². The first-order valence-electron chi connectivity index (χ1n) is 5.32. The van der Waals surface area contributed by atoms with Crippen molar-refractivity contribution in [3.63, 3.8) is 0 Å². The van der Waals surface area contributed by atoms with Crippen LogP contribution in [0.5, 0.6) is 11.5 Å². The van der Waals surface area contributed by atoms with Gasteiger partial charge in [-0.2, -0.15) is 0 Å². The Bertz CT molecular complexity index is 458. The molecule has 1 aromatic carbocycles. The zero-order valence-corrected chi connectivity index (χ0v) is 11.1. The van der Waals surface area contributed by atoms with Gasteiger partial charge in [-0.05, 0) is 18.1 Å². The average Bonchev–Trinajstić information content (AvgIpc) is 2.36. The van der Waals surface area contributed by atoms with E-state index in [-0.39, 0.29) is 16.3 Å². The number of carboxylic acid groups (broad SMARTS) is 1. The second-order valence-electron chi connectivity index (χ2n) is 3.59. The maximum atomic E-state index is 10.9. The second kappa shape index (κ2) is 5.93. The molecule has 0 aromatic heterocycles. The van der Waals surface area contributed by atoms with E-state index in [1.807, 2.05) is 6.92 Å². The van der Waals surface area contributed by atoms with Crippen molar-refractivity contribution in [3.05, 3.63) is 22.2 Å². The monoisotopic (exact) mass is 274 g/mol. The number of hydrogen-bond donors (Lipinski definition) is 2. The number of aliphatic hydroxyl groups excluding tert-OH is 1. The molecule has 6 heteroatoms. The summed E-state index contributed by atoms with van der Waals surface area (Å²) in [5.74, 6) is -0.722. The minimum atomic E-state index is -1.64. The lowest BCUT2D eigenvalue weighted by atomic mass is 9.99. The fraction of sp³-hybridized carbons (Fsp3) is 0.417. The standard InChI is InChI=1S/C12H15ClO5/c1-4-6-7(10(14)12(15)16)5-8(17-2)11(18-3)9(6)13/h5,10,14H,4H2,1-3H3,(H,15,16). The second-order valence-corrected chi connectivity index (χ2v) is 3.97. The summed E-state index contributed by atoms with van der Waals surface area (Å²) in [4.78, 5) is 10.9. The summed E-state index contributed by atoms with van der Waals surface area (Å²) < 4.78 is 10.2. The van der Waals surface area contributed by atoms with Gasteiger partial charge in [0, 0.05) is 5.56 Å². The summed E-state index contributed by atoms with van der Waals surface area (Å²) in [6.07, 6.45) is -1.17. The number of aliphatic hydroxyl groups is 1. The van der Waals surface area contributed by atoms with E-state index >= 15 is 0 Å². The topological polar surface area (TPSA) is 76.0 Å². The molecule has 100 valence electrons. The minimum absolute atomic E-state index is 0.215. The van der Waals surface area contributed by atoms with E-state index < -0.39 is 12.1 Å². The molecule has 18 heavy (non-hydrogen) atoms. The molecule has 0 heterocycles. The summed E-state index contributed by atoms with van der Waals surface area (Å²) >= 11 is 6.14. The molecular formula is C12H15ClO5. The van der Waals surface area contributed by atoms with Gasteiger partial charge in [-0.25, -0.2) is 4.79 Å². The Hall–Kier alpha value is -1.46. The van der Waals surface area contributed by atoms with Crippen LogP contribution in [-0.2, 0) is 11.2 Å². The summed E-state index contributed by atoms with van der Waals surface area (Å²) in [5, 5.41) is 18.8. The van der Waals surface area contributed by atoms with Crippen LogP contribution in [0.3, 0.4) is 0 Å². The molecule has 0 aliphatic carbocycles. The molecule has 0 aliphatic heterocycles. The first-order valence-corrected chi connectivity index (χ1v) is 5.69. The highest BCUT2D eigenvalue weighted by atomic mass is 35.5. The maximum absolute atomic E-state index is 10.9. The number of rotatable bonds is 5. The molecule has 2 N–H and O–H groups in total. The van der Waals surface area contributed by atoms with Crippen LogP contribution in [0.4, 0.5) is 0 Å². The molecule has 0 saturated heterocycles. The van der Waals surface area contributed by atoms with E-state index in [0.29, 0.717) is 17.7 Å². The van der Waals surface area contributed by atoms with Gasteiger partial charge in [0.05, 0.1) is 19.2 Å². The predicted octanol–water partition coefficient (Wildman–Crippen LogP) is 2.04. The molecule has 1 atom stereocenters. The van der Waals surface area contributed by atoms with E-state index in [4.69, 9.17) is 26.2 Å². The van der Waals surface area contributed by atoms with Crippen LogP contribution < -0.4 is 9.47 Å². The van der Waals surface area contributed by atoms with Gasteiger partial charge in [-0.1, -0.05) is 18.5 Å². The zero-order chi connectivity index (χ0) is 13.9. The lowest BCUT2D eigenvalue weighted by Crippen LogP contribution is -2.13. The van der Waals surface area contributed by atoms with Crippen molar-refractivity contribution in [2.75, 3.05) is 14.2 Å². The van der Waals surface area contributed by atoms with Gasteiger partial charge in [-0.3, -0.25) is 0 Å². The number of carbonyl (C=O) groups is 1. The Morgan fingerprint density at radius 2 is 2.06 bits per heavy atom. The number of benzene rings is 1. The lowest BCUT2D eigenvalue weighted by molar-refractivity contribution is -0.147. The lowest BCUT2D eigenvalue weighted by Gasteiger charge is -2.18. The molecule has 0 saturated carbocycles. The number of carboxylic acids is 1. The van der Waals surface area contributed by atoms with Crippen molar-refractivity contribution in [2.24, 2.45) is 0 Å². The molecule has 0 radical (unpaired) electrons. The largest absolute Gasteiger partial charge is 0.493 e. The summed E-state index contributed by atoms with van der Waals surface area (Å²) in [5.41, 5.74) is 0.747. The van der Waals surface area contributed by atoms with E-state index in [2.05, 4.69) is 0 Å². The Morgan fingerprint density at radius 1 is 1.44 bits per heavy atom. The van der Waals surface area contributed by atoms with Gasteiger partial charge >= 0.3 is 5.97 Å². The third-order valence-electron chi connectivity index (χ3n) is 2.63. The number of ether oxygens (including phenoxy) is 2. The van der Waals surface area contributed by atoms with Crippen molar-refractivity contribution >= 4 is 17.6 Å². The van der Waals surface area contributed by atoms with Gasteiger partial charge in [0.25, 0.3) is 0 Å². The van der Waals surface area contributed by atoms with Crippen LogP contribution in [-0.4, -0.2) is 30.4 Å². The molecule has 1 aromatic rings. The van der Waals surface area contributed by atoms with E-state index in [9.17, 15) is 9.90 Å². The molecule has 0 spiro atoms. The molecular weight excluding hydrogens is 260 g/mol. The molecule has 0 amide bonds. The number of aliphatic carboxylic acids is 1. The third-order valence-corrected chi connectivity index (χ3v) is 3.03. The Balaban J connectivity index is 3.51. The first-order chi connectivity index (χ1) is 8.47. The molecule has 1 rings (SSSR count). The molecule has 0 bridgehead atoms. The maximum Gasteiger partial charge on any atom is 0.337 e. The Labute approximate surface area is 110 Å². The third kappa shape index (κ3) is 2.52. The highest BCUT2D eigenvalue weighted by Crippen LogP contribution is 2.41. The van der Waals surface area contributed by atoms with Crippen LogP contribution in [0.2, 0.25) is 5.02 Å². The van der Waals surface area contributed by atoms with Crippen LogP contribution in [0.1, 0.15) is 24.2 Å². The zero-order valence-electron chi connectivity index (χ0n) is 10.4. The number of methoxy groups -OCH3 is 2. The van der Waals surface area contributed by atoms with Gasteiger partial charge in [0.2, 0.25) is 0 Å². The van der Waals surface area contributed by atoms with Crippen molar-refractivity contribution in [2.45, 2.75) is 19.4 Å². The van der Waals surface area contributed by atoms with Crippen LogP contribution >= 0.6 is 11.6 Å². The fourth-order valence-corrected chi connectivity index (χ4v) is 2.16. The average molecular weight is 275 g/mol. The van der Waals surface area contributed by atoms with Crippen molar-refractivity contribution in [1.82, 2.24) is 0 Å². The van der Waals surface area contributed by atoms with E-state index in [1.165, 1.54) is 20.3 Å². The Morgan fingerprint density at radius 3 is 2.44 bits per heavy atom.